The first-order chi connectivity index (χ1) is 8.02. The van der Waals surface area contributed by atoms with Gasteiger partial charge in [-0.25, -0.2) is 13.2 Å². The number of rotatable bonds is 2. The Morgan fingerprint density at radius 3 is 2.41 bits per heavy atom. The van der Waals surface area contributed by atoms with Gasteiger partial charge in [-0.05, 0) is 24.0 Å². The first kappa shape index (κ1) is 11.9. The van der Waals surface area contributed by atoms with Crippen LogP contribution >= 0.6 is 0 Å². The lowest BCUT2D eigenvalue weighted by molar-refractivity contribution is -0.131. The van der Waals surface area contributed by atoms with Crippen LogP contribution in [-0.2, 0) is 14.6 Å². The second-order valence-corrected chi connectivity index (χ2v) is 5.95. The molecule has 90 valence electrons. The molecule has 1 aromatic rings. The maximum Gasteiger partial charge on any atom is 0.347 e. The van der Waals surface area contributed by atoms with Gasteiger partial charge in [0.25, 0.3) is 0 Å². The zero-order valence-corrected chi connectivity index (χ0v) is 9.90. The van der Waals surface area contributed by atoms with Gasteiger partial charge in [-0.2, -0.15) is 0 Å². The smallest absolute Gasteiger partial charge is 0.347 e. The van der Waals surface area contributed by atoms with Gasteiger partial charge < -0.3 is 5.11 Å². The fraction of sp³-hybridized carbons (Fsp3) is 0.250. The molecule has 0 radical (unpaired) electrons. The average molecular weight is 252 g/mol. The Morgan fingerprint density at radius 2 is 1.82 bits per heavy atom. The van der Waals surface area contributed by atoms with Crippen molar-refractivity contribution in [3.63, 3.8) is 0 Å². The summed E-state index contributed by atoms with van der Waals surface area (Å²) in [7, 11) is -3.64. The molecule has 17 heavy (non-hydrogen) atoms. The fourth-order valence-electron chi connectivity index (χ4n) is 2.02. The molecule has 0 fully saturated rings. The van der Waals surface area contributed by atoms with Crippen molar-refractivity contribution in [3.05, 3.63) is 40.8 Å². The highest BCUT2D eigenvalue weighted by molar-refractivity contribution is 7.96. The number of carbonyl (C=O) groups is 1. The lowest BCUT2D eigenvalue weighted by Gasteiger charge is -2.18. The van der Waals surface area contributed by atoms with E-state index in [1.165, 1.54) is 0 Å². The maximum absolute atomic E-state index is 11.8. The Morgan fingerprint density at radius 1 is 1.18 bits per heavy atom. The number of carboxylic acids is 1. The lowest BCUT2D eigenvalue weighted by Crippen LogP contribution is -2.22. The van der Waals surface area contributed by atoms with E-state index >= 15 is 0 Å². The summed E-state index contributed by atoms with van der Waals surface area (Å²) < 4.78 is 23.5. The highest BCUT2D eigenvalue weighted by atomic mass is 32.2. The minimum Gasteiger partial charge on any atom is -0.477 e. The molecule has 0 aliphatic carbocycles. The Hall–Kier alpha value is -1.62. The molecular weight excluding hydrogens is 240 g/mol. The summed E-state index contributed by atoms with van der Waals surface area (Å²) in [5, 5.41) is 9.07. The number of allylic oxidation sites excluding steroid dienone is 1. The molecular formula is C12H12O4S. The normalized spacial score (nSPS) is 19.1. The van der Waals surface area contributed by atoms with Crippen molar-refractivity contribution in [2.24, 2.45) is 0 Å². The molecule has 1 N–H and O–H groups in total. The Labute approximate surface area is 99.5 Å². The van der Waals surface area contributed by atoms with E-state index < -0.39 is 20.7 Å². The van der Waals surface area contributed by atoms with E-state index in [0.717, 1.165) is 0 Å². The van der Waals surface area contributed by atoms with E-state index in [9.17, 15) is 13.2 Å². The number of benzene rings is 1. The van der Waals surface area contributed by atoms with Crippen molar-refractivity contribution in [2.45, 2.75) is 12.8 Å². The molecule has 0 saturated heterocycles. The summed E-state index contributed by atoms with van der Waals surface area (Å²) in [6, 6.07) is 8.81. The zero-order chi connectivity index (χ0) is 12.5. The number of carboxylic acid groups (broad SMARTS) is 1. The first-order valence-corrected chi connectivity index (χ1v) is 6.92. The number of hydrogen-bond donors (Lipinski definition) is 1. The molecule has 1 aliphatic heterocycles. The largest absolute Gasteiger partial charge is 0.477 e. The highest BCUT2D eigenvalue weighted by Crippen LogP contribution is 2.32. The third kappa shape index (κ3) is 2.24. The molecule has 1 aliphatic rings. The second kappa shape index (κ2) is 4.33. The summed E-state index contributed by atoms with van der Waals surface area (Å²) >= 11 is 0. The van der Waals surface area contributed by atoms with Gasteiger partial charge in [0, 0.05) is 0 Å². The monoisotopic (exact) mass is 252 g/mol. The van der Waals surface area contributed by atoms with Crippen LogP contribution in [0.4, 0.5) is 0 Å². The molecule has 5 heteroatoms. The van der Waals surface area contributed by atoms with Gasteiger partial charge in [0.2, 0.25) is 0 Å². The number of sulfone groups is 1. The van der Waals surface area contributed by atoms with E-state index in [1.54, 1.807) is 24.3 Å². The standard InChI is InChI=1S/C12H12O4S/c13-12(14)11-10(7-4-8-17(11,15)16)9-5-2-1-3-6-9/h1-3,5-6H,4,7-8H2,(H,13,14). The fourth-order valence-corrected chi connectivity index (χ4v) is 3.61. The summed E-state index contributed by atoms with van der Waals surface area (Å²) in [5.74, 6) is -1.44. The predicted molar refractivity (Wildman–Crippen MR) is 64.0 cm³/mol. The Balaban J connectivity index is 2.67. The van der Waals surface area contributed by atoms with Crippen LogP contribution in [0.1, 0.15) is 18.4 Å². The van der Waals surface area contributed by atoms with Crippen LogP contribution in [0.15, 0.2) is 35.2 Å². The van der Waals surface area contributed by atoms with Crippen LogP contribution in [0.2, 0.25) is 0 Å². The van der Waals surface area contributed by atoms with Gasteiger partial charge in [-0.15, -0.1) is 0 Å². The van der Waals surface area contributed by atoms with Crippen molar-refractivity contribution in [1.29, 1.82) is 0 Å². The van der Waals surface area contributed by atoms with Crippen molar-refractivity contribution in [1.82, 2.24) is 0 Å². The highest BCUT2D eigenvalue weighted by Gasteiger charge is 2.32. The van der Waals surface area contributed by atoms with Gasteiger partial charge >= 0.3 is 5.97 Å². The summed E-state index contributed by atoms with van der Waals surface area (Å²) in [6.07, 6.45) is 0.966. The van der Waals surface area contributed by atoms with Gasteiger partial charge in [0.05, 0.1) is 5.75 Å². The predicted octanol–water partition coefficient (Wildman–Crippen LogP) is 1.69. The van der Waals surface area contributed by atoms with Crippen LogP contribution in [0.3, 0.4) is 0 Å². The van der Waals surface area contributed by atoms with E-state index in [-0.39, 0.29) is 5.75 Å². The van der Waals surface area contributed by atoms with Crippen LogP contribution in [0.25, 0.3) is 5.57 Å². The SMILES string of the molecule is O=C(O)C1=C(c2ccccc2)CCCS1(=O)=O. The second-order valence-electron chi connectivity index (χ2n) is 3.90. The van der Waals surface area contributed by atoms with Gasteiger partial charge in [0.15, 0.2) is 14.7 Å². The lowest BCUT2D eigenvalue weighted by atomic mass is 10.0. The third-order valence-corrected chi connectivity index (χ3v) is 4.61. The molecule has 0 atom stereocenters. The molecule has 4 nitrogen and oxygen atoms in total. The molecule has 0 aromatic heterocycles. The quantitative estimate of drug-likeness (QED) is 0.869. The zero-order valence-electron chi connectivity index (χ0n) is 9.09. The van der Waals surface area contributed by atoms with E-state index in [0.29, 0.717) is 24.0 Å². The minimum absolute atomic E-state index is 0.0784. The molecule has 0 saturated carbocycles. The Kier molecular flexibility index (Phi) is 3.02. The van der Waals surface area contributed by atoms with E-state index in [1.807, 2.05) is 6.07 Å². The molecule has 1 aromatic carbocycles. The topological polar surface area (TPSA) is 71.4 Å². The van der Waals surface area contributed by atoms with Crippen LogP contribution in [-0.4, -0.2) is 25.2 Å². The molecule has 0 bridgehead atoms. The van der Waals surface area contributed by atoms with Crippen LogP contribution < -0.4 is 0 Å². The van der Waals surface area contributed by atoms with Crippen molar-refractivity contribution in [2.75, 3.05) is 5.75 Å². The molecule has 0 unspecified atom stereocenters. The average Bonchev–Trinajstić information content (AvgIpc) is 2.28. The van der Waals surface area contributed by atoms with Crippen LogP contribution in [0, 0.1) is 0 Å². The Bertz CT molecular complexity index is 570. The minimum atomic E-state index is -3.64. The van der Waals surface area contributed by atoms with Crippen LogP contribution in [0.5, 0.6) is 0 Å². The molecule has 0 spiro atoms. The number of aliphatic carboxylic acids is 1. The number of hydrogen-bond acceptors (Lipinski definition) is 3. The summed E-state index contributed by atoms with van der Waals surface area (Å²) in [4.78, 5) is 10.7. The molecule has 1 heterocycles. The molecule has 2 rings (SSSR count). The van der Waals surface area contributed by atoms with Gasteiger partial charge in [-0.1, -0.05) is 30.3 Å². The third-order valence-electron chi connectivity index (χ3n) is 2.74. The van der Waals surface area contributed by atoms with Crippen molar-refractivity contribution < 1.29 is 18.3 Å². The maximum atomic E-state index is 11.8. The van der Waals surface area contributed by atoms with Crippen molar-refractivity contribution in [3.8, 4) is 0 Å². The summed E-state index contributed by atoms with van der Waals surface area (Å²) in [5.41, 5.74) is 1.09. The van der Waals surface area contributed by atoms with E-state index in [4.69, 9.17) is 5.11 Å². The first-order valence-electron chi connectivity index (χ1n) is 5.27. The molecule has 0 amide bonds. The van der Waals surface area contributed by atoms with Gasteiger partial charge in [0.1, 0.15) is 0 Å². The summed E-state index contributed by atoms with van der Waals surface area (Å²) in [6.45, 7) is 0. The van der Waals surface area contributed by atoms with E-state index in [2.05, 4.69) is 0 Å². The van der Waals surface area contributed by atoms with Crippen molar-refractivity contribution >= 4 is 21.4 Å². The van der Waals surface area contributed by atoms with Gasteiger partial charge in [-0.3, -0.25) is 0 Å².